The van der Waals surface area contributed by atoms with E-state index in [1.807, 2.05) is 6.92 Å². The Morgan fingerprint density at radius 1 is 0.638 bits per heavy atom. The number of ether oxygens (including phenoxy) is 2. The van der Waals surface area contributed by atoms with Crippen LogP contribution in [0.25, 0.3) is 0 Å². The van der Waals surface area contributed by atoms with Gasteiger partial charge in [0.25, 0.3) is 11.8 Å². The van der Waals surface area contributed by atoms with E-state index in [0.717, 1.165) is 5.56 Å². The molecule has 2 amide bonds. The van der Waals surface area contributed by atoms with Gasteiger partial charge in [-0.2, -0.15) is 4.31 Å². The van der Waals surface area contributed by atoms with Crippen molar-refractivity contribution in [2.45, 2.75) is 11.8 Å². The Morgan fingerprint density at radius 2 is 1.09 bits per heavy atom. The molecule has 12 heteroatoms. The number of aromatic nitrogens is 2. The van der Waals surface area contributed by atoms with Gasteiger partial charge >= 0.3 is 0 Å². The van der Waals surface area contributed by atoms with Crippen LogP contribution in [0.15, 0.2) is 126 Å². The van der Waals surface area contributed by atoms with E-state index >= 15 is 0 Å². The molecule has 0 unspecified atom stereocenters. The second-order valence-electron chi connectivity index (χ2n) is 10.2. The van der Waals surface area contributed by atoms with Gasteiger partial charge in [0, 0.05) is 25.5 Å². The minimum Gasteiger partial charge on any atom is -0.490 e. The standard InChI is InChI=1S/C35H33N5O6S/c1-26-16-18-27(19-17-26)47(43,44)40(22-24-45-32-14-4-2-10-28(32)38-34(41)30-12-6-8-20-36-30)23-25-46-33-15-5-3-11-29(33)39-35(42)31-13-7-9-21-37-31/h2-21H,22-25H2,1H3,(H,38,41)(H,39,42). The number of benzene rings is 3. The lowest BCUT2D eigenvalue weighted by Gasteiger charge is -2.23. The number of hydrogen-bond donors (Lipinski definition) is 2. The molecule has 0 spiro atoms. The molecular weight excluding hydrogens is 618 g/mol. The van der Waals surface area contributed by atoms with Gasteiger partial charge in [0.05, 0.1) is 16.3 Å². The third-order valence-corrected chi connectivity index (χ3v) is 8.83. The number of rotatable bonds is 14. The van der Waals surface area contributed by atoms with Gasteiger partial charge in [0.15, 0.2) is 0 Å². The van der Waals surface area contributed by atoms with Crippen LogP contribution >= 0.6 is 0 Å². The second-order valence-corrected chi connectivity index (χ2v) is 12.2. The fraction of sp³-hybridized carbons (Fsp3) is 0.143. The first-order valence-electron chi connectivity index (χ1n) is 14.8. The minimum atomic E-state index is -3.94. The van der Waals surface area contributed by atoms with E-state index in [0.29, 0.717) is 22.9 Å². The van der Waals surface area contributed by atoms with Crippen LogP contribution in [-0.2, 0) is 10.0 Å². The SMILES string of the molecule is Cc1ccc(S(=O)(=O)N(CCOc2ccccc2NC(=O)c2ccccn2)CCOc2ccccc2NC(=O)c2ccccn2)cc1. The lowest BCUT2D eigenvalue weighted by atomic mass is 10.2. The molecular formula is C35H33N5O6S. The molecule has 11 nitrogen and oxygen atoms in total. The zero-order valence-electron chi connectivity index (χ0n) is 25.6. The topological polar surface area (TPSA) is 140 Å². The summed E-state index contributed by atoms with van der Waals surface area (Å²) in [5.41, 5.74) is 2.26. The van der Waals surface area contributed by atoms with Gasteiger partial charge in [0.1, 0.15) is 36.1 Å². The monoisotopic (exact) mass is 651 g/mol. The first-order valence-corrected chi connectivity index (χ1v) is 16.2. The molecule has 0 aliphatic heterocycles. The van der Waals surface area contributed by atoms with Crippen LogP contribution in [0, 0.1) is 6.92 Å². The summed E-state index contributed by atoms with van der Waals surface area (Å²) in [6.07, 6.45) is 3.06. The average Bonchev–Trinajstić information content (AvgIpc) is 3.10. The van der Waals surface area contributed by atoms with Crippen molar-refractivity contribution in [1.29, 1.82) is 0 Å². The number of sulfonamides is 1. The summed E-state index contributed by atoms with van der Waals surface area (Å²) in [6.45, 7) is 1.82. The first-order chi connectivity index (χ1) is 22.8. The number of nitrogens with one attached hydrogen (secondary N) is 2. The number of pyridine rings is 2. The van der Waals surface area contributed by atoms with Gasteiger partial charge < -0.3 is 20.1 Å². The molecule has 0 bridgehead atoms. The van der Waals surface area contributed by atoms with Crippen LogP contribution in [0.5, 0.6) is 11.5 Å². The number of amides is 2. The van der Waals surface area contributed by atoms with Gasteiger partial charge in [-0.3, -0.25) is 19.6 Å². The zero-order valence-corrected chi connectivity index (χ0v) is 26.4. The Labute approximate surface area is 273 Å². The van der Waals surface area contributed by atoms with Crippen molar-refractivity contribution >= 4 is 33.2 Å². The molecule has 0 atom stereocenters. The maximum atomic E-state index is 13.8. The molecule has 5 rings (SSSR count). The molecule has 0 saturated heterocycles. The summed E-state index contributed by atoms with van der Waals surface area (Å²) in [7, 11) is -3.94. The fourth-order valence-electron chi connectivity index (χ4n) is 4.48. The third-order valence-electron chi connectivity index (χ3n) is 6.92. The maximum Gasteiger partial charge on any atom is 0.274 e. The largest absolute Gasteiger partial charge is 0.490 e. The van der Waals surface area contributed by atoms with Gasteiger partial charge in [-0.25, -0.2) is 8.42 Å². The number of nitrogens with zero attached hydrogens (tertiary/aromatic N) is 3. The Morgan fingerprint density at radius 3 is 1.53 bits per heavy atom. The Balaban J connectivity index is 1.27. The van der Waals surface area contributed by atoms with Crippen molar-refractivity contribution in [3.05, 3.63) is 139 Å². The molecule has 240 valence electrons. The Hall–Kier alpha value is -5.59. The van der Waals surface area contributed by atoms with Crippen LogP contribution < -0.4 is 20.1 Å². The van der Waals surface area contributed by atoms with Crippen molar-refractivity contribution in [2.24, 2.45) is 0 Å². The van der Waals surface area contributed by atoms with Crippen molar-refractivity contribution in [3.8, 4) is 11.5 Å². The molecule has 47 heavy (non-hydrogen) atoms. The second kappa shape index (κ2) is 15.6. The Bertz CT molecular complexity index is 1800. The molecule has 2 heterocycles. The van der Waals surface area contributed by atoms with E-state index in [-0.39, 0.29) is 42.6 Å². The van der Waals surface area contributed by atoms with Crippen LogP contribution in [0.4, 0.5) is 11.4 Å². The highest BCUT2D eigenvalue weighted by atomic mass is 32.2. The predicted octanol–water partition coefficient (Wildman–Crippen LogP) is 5.44. The summed E-state index contributed by atoms with van der Waals surface area (Å²) >= 11 is 0. The smallest absolute Gasteiger partial charge is 0.274 e. The summed E-state index contributed by atoms with van der Waals surface area (Å²) in [5.74, 6) is -0.0608. The van der Waals surface area contributed by atoms with Crippen molar-refractivity contribution in [1.82, 2.24) is 14.3 Å². The maximum absolute atomic E-state index is 13.8. The number of carbonyl (C=O) groups is 2. The van der Waals surface area contributed by atoms with E-state index in [2.05, 4.69) is 20.6 Å². The number of aryl methyl sites for hydroxylation is 1. The summed E-state index contributed by atoms with van der Waals surface area (Å²) < 4.78 is 40.8. The highest BCUT2D eigenvalue weighted by Crippen LogP contribution is 2.26. The predicted molar refractivity (Wildman–Crippen MR) is 178 cm³/mol. The molecule has 3 aromatic carbocycles. The molecule has 0 radical (unpaired) electrons. The molecule has 5 aromatic rings. The van der Waals surface area contributed by atoms with E-state index in [9.17, 15) is 18.0 Å². The van der Waals surface area contributed by atoms with Gasteiger partial charge in [-0.15, -0.1) is 0 Å². The zero-order chi connectivity index (χ0) is 33.1. The number of carbonyl (C=O) groups excluding carboxylic acids is 2. The summed E-state index contributed by atoms with van der Waals surface area (Å²) in [6, 6.07) is 30.4. The number of hydrogen-bond acceptors (Lipinski definition) is 8. The van der Waals surface area contributed by atoms with Crippen molar-refractivity contribution in [2.75, 3.05) is 36.9 Å². The lowest BCUT2D eigenvalue weighted by molar-refractivity contribution is 0.101. The Kier molecular flexibility index (Phi) is 10.9. The van der Waals surface area contributed by atoms with E-state index in [4.69, 9.17) is 9.47 Å². The molecule has 0 aliphatic rings. The van der Waals surface area contributed by atoms with Gasteiger partial charge in [-0.05, 0) is 67.6 Å². The minimum absolute atomic E-state index is 0.0137. The first kappa shape index (κ1) is 32.8. The van der Waals surface area contributed by atoms with Crippen molar-refractivity contribution < 1.29 is 27.5 Å². The van der Waals surface area contributed by atoms with Gasteiger partial charge in [-0.1, -0.05) is 54.1 Å². The lowest BCUT2D eigenvalue weighted by Crippen LogP contribution is -2.37. The summed E-state index contributed by atoms with van der Waals surface area (Å²) in [5, 5.41) is 5.59. The van der Waals surface area contributed by atoms with Crippen molar-refractivity contribution in [3.63, 3.8) is 0 Å². The highest BCUT2D eigenvalue weighted by molar-refractivity contribution is 7.89. The van der Waals surface area contributed by atoms with Crippen LogP contribution in [-0.4, -0.2) is 60.8 Å². The fourth-order valence-corrected chi connectivity index (χ4v) is 5.89. The summed E-state index contributed by atoms with van der Waals surface area (Å²) in [4.78, 5) is 33.7. The van der Waals surface area contributed by atoms with Crippen LogP contribution in [0.3, 0.4) is 0 Å². The van der Waals surface area contributed by atoms with E-state index in [1.54, 1.807) is 109 Å². The average molecular weight is 652 g/mol. The molecule has 0 saturated carbocycles. The number of para-hydroxylation sites is 4. The van der Waals surface area contributed by atoms with E-state index < -0.39 is 21.8 Å². The quantitative estimate of drug-likeness (QED) is 0.162. The normalized spacial score (nSPS) is 11.1. The molecule has 0 fully saturated rings. The van der Waals surface area contributed by atoms with Gasteiger partial charge in [0.2, 0.25) is 10.0 Å². The number of anilines is 2. The van der Waals surface area contributed by atoms with Crippen LogP contribution in [0.1, 0.15) is 26.5 Å². The molecule has 2 aromatic heterocycles. The molecule has 0 aliphatic carbocycles. The highest BCUT2D eigenvalue weighted by Gasteiger charge is 2.25. The van der Waals surface area contributed by atoms with Crippen LogP contribution in [0.2, 0.25) is 0 Å². The van der Waals surface area contributed by atoms with E-state index in [1.165, 1.54) is 16.7 Å². The molecule has 2 N–H and O–H groups in total. The third kappa shape index (κ3) is 8.78.